The van der Waals surface area contributed by atoms with Gasteiger partial charge >= 0.3 is 0 Å². The molecule has 1 amide bonds. The number of carbonyl (C=O) groups excluding carboxylic acids is 1. The van der Waals surface area contributed by atoms with Crippen LogP contribution in [0.2, 0.25) is 0 Å². The molecule has 0 aromatic carbocycles. The molecular formula is C28H49N3O. The lowest BCUT2D eigenvalue weighted by molar-refractivity contribution is -0.132. The second-order valence-corrected chi connectivity index (χ2v) is 14.8. The summed E-state index contributed by atoms with van der Waals surface area (Å²) in [5, 5.41) is 10.1. The average molecular weight is 444 g/mol. The van der Waals surface area contributed by atoms with Crippen LogP contribution in [0.1, 0.15) is 106 Å². The molecule has 0 saturated heterocycles. The fourth-order valence-corrected chi connectivity index (χ4v) is 6.44. The lowest BCUT2D eigenvalue weighted by atomic mass is 9.74. The quantitative estimate of drug-likeness (QED) is 0.416. The SMILES string of the molecule is CN(CCC(C)(C)CC1(C#N)CC1CC(C)(C)CC1(N)CC1)C(=O)C1CC1CC(C)(C)C. The van der Waals surface area contributed by atoms with E-state index >= 15 is 0 Å². The van der Waals surface area contributed by atoms with Crippen molar-refractivity contribution in [1.29, 1.82) is 5.26 Å². The minimum Gasteiger partial charge on any atom is -0.345 e. The lowest BCUT2D eigenvalue weighted by Gasteiger charge is -2.32. The van der Waals surface area contributed by atoms with Crippen LogP contribution in [-0.4, -0.2) is 29.9 Å². The molecular weight excluding hydrogens is 394 g/mol. The first kappa shape index (κ1) is 25.5. The van der Waals surface area contributed by atoms with E-state index in [1.54, 1.807) is 0 Å². The van der Waals surface area contributed by atoms with Gasteiger partial charge in [-0.3, -0.25) is 4.79 Å². The van der Waals surface area contributed by atoms with Crippen molar-refractivity contribution in [3.63, 3.8) is 0 Å². The molecule has 0 radical (unpaired) electrons. The second kappa shape index (κ2) is 8.30. The topological polar surface area (TPSA) is 70.1 Å². The molecule has 4 nitrogen and oxygen atoms in total. The fraction of sp³-hybridized carbons (Fsp3) is 0.929. The predicted octanol–water partition coefficient (Wildman–Crippen LogP) is 6.15. The molecule has 3 fully saturated rings. The van der Waals surface area contributed by atoms with Crippen LogP contribution in [0.4, 0.5) is 0 Å². The summed E-state index contributed by atoms with van der Waals surface area (Å²) in [5.41, 5.74) is 6.84. The van der Waals surface area contributed by atoms with Gasteiger partial charge in [0.25, 0.3) is 0 Å². The zero-order valence-electron chi connectivity index (χ0n) is 22.2. The maximum absolute atomic E-state index is 12.9. The largest absolute Gasteiger partial charge is 0.345 e. The van der Waals surface area contributed by atoms with Crippen molar-refractivity contribution in [2.45, 2.75) is 112 Å². The van der Waals surface area contributed by atoms with Crippen LogP contribution >= 0.6 is 0 Å². The molecule has 2 N–H and O–H groups in total. The van der Waals surface area contributed by atoms with Gasteiger partial charge in [-0.25, -0.2) is 0 Å². The third-order valence-electron chi connectivity index (χ3n) is 8.39. The molecule has 0 bridgehead atoms. The van der Waals surface area contributed by atoms with Gasteiger partial charge in [-0.2, -0.15) is 5.26 Å². The van der Waals surface area contributed by atoms with E-state index in [4.69, 9.17) is 5.73 Å². The Morgan fingerprint density at radius 3 is 2.22 bits per heavy atom. The van der Waals surface area contributed by atoms with Crippen LogP contribution in [0.3, 0.4) is 0 Å². The van der Waals surface area contributed by atoms with Crippen molar-refractivity contribution in [3.05, 3.63) is 0 Å². The highest BCUT2D eigenvalue weighted by Crippen LogP contribution is 2.63. The maximum Gasteiger partial charge on any atom is 0.225 e. The summed E-state index contributed by atoms with van der Waals surface area (Å²) < 4.78 is 0. The van der Waals surface area contributed by atoms with Gasteiger partial charge in [0.05, 0.1) is 11.5 Å². The first-order valence-electron chi connectivity index (χ1n) is 12.9. The maximum atomic E-state index is 12.9. The number of rotatable bonds is 11. The Balaban J connectivity index is 1.46. The first-order chi connectivity index (χ1) is 14.5. The number of nitriles is 1. The molecule has 4 heteroatoms. The molecule has 3 rings (SSSR count). The molecule has 182 valence electrons. The van der Waals surface area contributed by atoms with Crippen LogP contribution in [-0.2, 0) is 4.79 Å². The minimum absolute atomic E-state index is 0.0586. The van der Waals surface area contributed by atoms with Crippen LogP contribution in [0, 0.1) is 50.7 Å². The van der Waals surface area contributed by atoms with Crippen molar-refractivity contribution in [1.82, 2.24) is 4.90 Å². The van der Waals surface area contributed by atoms with Gasteiger partial charge in [0.15, 0.2) is 0 Å². The van der Waals surface area contributed by atoms with Crippen molar-refractivity contribution >= 4 is 5.91 Å². The lowest BCUT2D eigenvalue weighted by Crippen LogP contribution is -2.33. The minimum atomic E-state index is -0.178. The monoisotopic (exact) mass is 443 g/mol. The molecule has 32 heavy (non-hydrogen) atoms. The standard InChI is InChI=1S/C28H49N3O/c1-24(2,3)14-20-13-22(20)23(32)31(8)12-11-25(4,5)17-27(19-29)16-21(27)15-26(6,7)18-28(30)9-10-28/h20-22H,9-18,30H2,1-8H3. The van der Waals surface area contributed by atoms with E-state index in [1.165, 1.54) is 0 Å². The molecule has 3 aliphatic rings. The molecule has 3 saturated carbocycles. The molecule has 0 aromatic heterocycles. The number of nitrogens with zero attached hydrogens (tertiary/aromatic N) is 2. The molecule has 4 unspecified atom stereocenters. The van der Waals surface area contributed by atoms with E-state index in [9.17, 15) is 10.1 Å². The molecule has 0 aliphatic heterocycles. The average Bonchev–Trinajstić information content (AvgIpc) is 3.56. The molecule has 0 spiro atoms. The van der Waals surface area contributed by atoms with Gasteiger partial charge in [-0.05, 0) is 85.9 Å². The number of hydrogen-bond donors (Lipinski definition) is 1. The first-order valence-corrected chi connectivity index (χ1v) is 12.9. The van der Waals surface area contributed by atoms with Crippen molar-refractivity contribution in [3.8, 4) is 6.07 Å². The van der Waals surface area contributed by atoms with Gasteiger partial charge in [0.2, 0.25) is 5.91 Å². The van der Waals surface area contributed by atoms with E-state index in [-0.39, 0.29) is 27.7 Å². The smallest absolute Gasteiger partial charge is 0.225 e. The number of amides is 1. The third kappa shape index (κ3) is 6.72. The van der Waals surface area contributed by atoms with Crippen molar-refractivity contribution in [2.75, 3.05) is 13.6 Å². The summed E-state index contributed by atoms with van der Waals surface area (Å²) in [6, 6.07) is 2.71. The van der Waals surface area contributed by atoms with E-state index in [0.717, 1.165) is 64.3 Å². The van der Waals surface area contributed by atoms with Crippen molar-refractivity contribution < 1.29 is 4.79 Å². The highest BCUT2D eigenvalue weighted by Gasteiger charge is 2.58. The summed E-state index contributed by atoms with van der Waals surface area (Å²) in [6.07, 6.45) is 9.60. The summed E-state index contributed by atoms with van der Waals surface area (Å²) in [5.74, 6) is 1.62. The summed E-state index contributed by atoms with van der Waals surface area (Å²) in [7, 11) is 1.97. The zero-order valence-corrected chi connectivity index (χ0v) is 22.2. The fourth-order valence-electron chi connectivity index (χ4n) is 6.44. The van der Waals surface area contributed by atoms with Crippen molar-refractivity contribution in [2.24, 2.45) is 45.1 Å². The number of carbonyl (C=O) groups is 1. The Hall–Kier alpha value is -1.08. The van der Waals surface area contributed by atoms with Crippen LogP contribution in [0.15, 0.2) is 0 Å². The Bertz CT molecular complexity index is 752. The normalized spacial score (nSPS) is 31.1. The van der Waals surface area contributed by atoms with Gasteiger partial charge < -0.3 is 10.6 Å². The molecule has 0 aromatic rings. The van der Waals surface area contributed by atoms with Gasteiger partial charge in [0, 0.05) is 25.0 Å². The highest BCUT2D eigenvalue weighted by atomic mass is 16.2. The second-order valence-electron chi connectivity index (χ2n) is 14.8. The third-order valence-corrected chi connectivity index (χ3v) is 8.39. The number of nitrogens with two attached hydrogens (primary N) is 1. The highest BCUT2D eigenvalue weighted by molar-refractivity contribution is 5.81. The van der Waals surface area contributed by atoms with E-state index in [2.05, 4.69) is 54.5 Å². The predicted molar refractivity (Wildman–Crippen MR) is 132 cm³/mol. The summed E-state index contributed by atoms with van der Waals surface area (Å²) in [6.45, 7) is 16.8. The van der Waals surface area contributed by atoms with E-state index in [0.29, 0.717) is 23.2 Å². The van der Waals surface area contributed by atoms with Crippen LogP contribution in [0.5, 0.6) is 0 Å². The number of hydrogen-bond acceptors (Lipinski definition) is 3. The Labute approximate surface area is 197 Å². The zero-order chi connectivity index (χ0) is 24.2. The van der Waals surface area contributed by atoms with Gasteiger partial charge in [0.1, 0.15) is 0 Å². The van der Waals surface area contributed by atoms with E-state index in [1.807, 2.05) is 11.9 Å². The van der Waals surface area contributed by atoms with Gasteiger partial charge in [-0.15, -0.1) is 0 Å². The molecule has 4 atom stereocenters. The Kier molecular flexibility index (Phi) is 6.62. The summed E-state index contributed by atoms with van der Waals surface area (Å²) >= 11 is 0. The molecule has 3 aliphatic carbocycles. The van der Waals surface area contributed by atoms with Gasteiger partial charge in [-0.1, -0.05) is 48.5 Å². The van der Waals surface area contributed by atoms with Crippen LogP contribution < -0.4 is 5.73 Å². The van der Waals surface area contributed by atoms with E-state index < -0.39 is 0 Å². The summed E-state index contributed by atoms with van der Waals surface area (Å²) in [4.78, 5) is 14.8. The van der Waals surface area contributed by atoms with Crippen LogP contribution in [0.25, 0.3) is 0 Å². The Morgan fingerprint density at radius 2 is 1.69 bits per heavy atom. The molecule has 0 heterocycles. The Morgan fingerprint density at radius 1 is 1.06 bits per heavy atom.